The molecule has 0 saturated carbocycles. The number of rotatable bonds is 11. The van der Waals surface area contributed by atoms with Crippen LogP contribution in [0, 0.1) is 0 Å². The van der Waals surface area contributed by atoms with Crippen LogP contribution < -0.4 is 10.6 Å². The highest BCUT2D eigenvalue weighted by atomic mass is 16.6. The number of esters is 1. The van der Waals surface area contributed by atoms with Crippen molar-refractivity contribution in [1.82, 2.24) is 15.5 Å². The number of carbonyl (C=O) groups excluding carboxylic acids is 4. The first kappa shape index (κ1) is 27.5. The van der Waals surface area contributed by atoms with Gasteiger partial charge in [0.15, 0.2) is 0 Å². The largest absolute Gasteiger partial charge is 0.464 e. The maximum Gasteiger partial charge on any atom is 0.408 e. The highest BCUT2D eigenvalue weighted by Gasteiger charge is 2.41. The summed E-state index contributed by atoms with van der Waals surface area (Å²) in [7, 11) is 0. The zero-order valence-electron chi connectivity index (χ0n) is 20.1. The molecular formula is C23H39N3O6. The molecule has 2 N–H and O–H groups in total. The average Bonchev–Trinajstić information content (AvgIpc) is 3.13. The number of hydrogen-bond donors (Lipinski definition) is 2. The van der Waals surface area contributed by atoms with Crippen molar-refractivity contribution in [1.29, 1.82) is 0 Å². The first-order chi connectivity index (χ1) is 15.0. The van der Waals surface area contributed by atoms with Crippen molar-refractivity contribution >= 4 is 23.9 Å². The van der Waals surface area contributed by atoms with Crippen LogP contribution in [0.5, 0.6) is 0 Å². The Morgan fingerprint density at radius 3 is 2.44 bits per heavy atom. The maximum absolute atomic E-state index is 13.0. The summed E-state index contributed by atoms with van der Waals surface area (Å²) in [5.41, 5.74) is -0.680. The fourth-order valence-electron chi connectivity index (χ4n) is 3.69. The molecule has 1 aliphatic rings. The lowest BCUT2D eigenvalue weighted by Crippen LogP contribution is -2.54. The number of amides is 3. The molecule has 0 aromatic heterocycles. The molecule has 32 heavy (non-hydrogen) atoms. The molecule has 3 amide bonds. The van der Waals surface area contributed by atoms with Crippen LogP contribution in [-0.4, -0.2) is 65.7 Å². The van der Waals surface area contributed by atoms with Crippen molar-refractivity contribution in [2.75, 3.05) is 13.2 Å². The number of ether oxygens (including phenoxy) is 2. The molecule has 0 aromatic carbocycles. The maximum atomic E-state index is 13.0. The van der Waals surface area contributed by atoms with Crippen LogP contribution in [0.15, 0.2) is 12.7 Å². The van der Waals surface area contributed by atoms with Crippen molar-refractivity contribution in [2.24, 2.45) is 0 Å². The molecule has 1 saturated heterocycles. The lowest BCUT2D eigenvalue weighted by molar-refractivity contribution is -0.148. The van der Waals surface area contributed by atoms with Crippen LogP contribution >= 0.6 is 0 Å². The SMILES string of the molecule is C=CCC(NC(=O)C1CCC(CCCC)N1C(=O)CNC(=O)OC(C)(C)C)C(=O)OCC. The highest BCUT2D eigenvalue weighted by Crippen LogP contribution is 2.28. The third-order valence-corrected chi connectivity index (χ3v) is 5.06. The van der Waals surface area contributed by atoms with E-state index in [0.717, 1.165) is 19.3 Å². The Hall–Kier alpha value is -2.58. The van der Waals surface area contributed by atoms with Crippen molar-refractivity contribution in [2.45, 2.75) is 96.9 Å². The predicted molar refractivity (Wildman–Crippen MR) is 121 cm³/mol. The standard InChI is InChI=1S/C23H39N3O6/c1-7-10-12-16-13-14-18(20(28)25-17(11-8-2)21(29)31-9-3)26(16)19(27)15-24-22(30)32-23(4,5)6/h8,16-18H,2,7,9-15H2,1,3-6H3,(H,24,30)(H,25,28). The fraction of sp³-hybridized carbons (Fsp3) is 0.739. The van der Waals surface area contributed by atoms with Gasteiger partial charge in [0.05, 0.1) is 6.61 Å². The third kappa shape index (κ3) is 8.88. The summed E-state index contributed by atoms with van der Waals surface area (Å²) in [6.07, 6.45) is 4.90. The van der Waals surface area contributed by atoms with Gasteiger partial charge in [-0.25, -0.2) is 9.59 Å². The van der Waals surface area contributed by atoms with Crippen molar-refractivity contribution in [3.8, 4) is 0 Å². The number of unbranched alkanes of at least 4 members (excludes halogenated alkanes) is 1. The molecule has 9 nitrogen and oxygen atoms in total. The van der Waals surface area contributed by atoms with Gasteiger partial charge in [-0.15, -0.1) is 6.58 Å². The summed E-state index contributed by atoms with van der Waals surface area (Å²) in [4.78, 5) is 51.7. The molecule has 1 rings (SSSR count). The smallest absolute Gasteiger partial charge is 0.408 e. The quantitative estimate of drug-likeness (QED) is 0.367. The molecule has 3 unspecified atom stereocenters. The van der Waals surface area contributed by atoms with Crippen molar-refractivity contribution in [3.63, 3.8) is 0 Å². The van der Waals surface area contributed by atoms with Crippen LogP contribution in [0.3, 0.4) is 0 Å². The van der Waals surface area contributed by atoms with Crippen LogP contribution in [0.4, 0.5) is 4.79 Å². The molecular weight excluding hydrogens is 414 g/mol. The minimum absolute atomic E-state index is 0.0981. The van der Waals surface area contributed by atoms with Gasteiger partial charge in [0.25, 0.3) is 0 Å². The first-order valence-electron chi connectivity index (χ1n) is 11.4. The Balaban J connectivity index is 2.91. The molecule has 0 radical (unpaired) electrons. The van der Waals surface area contributed by atoms with E-state index < -0.39 is 35.7 Å². The lowest BCUT2D eigenvalue weighted by Gasteiger charge is -2.31. The Bertz CT molecular complexity index is 673. The highest BCUT2D eigenvalue weighted by molar-refractivity contribution is 5.92. The lowest BCUT2D eigenvalue weighted by atomic mass is 10.1. The second kappa shape index (κ2) is 13.1. The number of carbonyl (C=O) groups is 4. The van der Waals surface area contributed by atoms with Gasteiger partial charge in [0.1, 0.15) is 24.2 Å². The summed E-state index contributed by atoms with van der Waals surface area (Å²) in [5, 5.41) is 5.19. The van der Waals surface area contributed by atoms with Gasteiger partial charge >= 0.3 is 12.1 Å². The summed E-state index contributed by atoms with van der Waals surface area (Å²) in [6.45, 7) is 12.5. The molecule has 0 spiro atoms. The molecule has 1 aliphatic heterocycles. The zero-order valence-corrected chi connectivity index (χ0v) is 20.1. The van der Waals surface area contributed by atoms with Gasteiger partial charge in [-0.3, -0.25) is 9.59 Å². The van der Waals surface area contributed by atoms with E-state index in [1.165, 1.54) is 6.08 Å². The topological polar surface area (TPSA) is 114 Å². The van der Waals surface area contributed by atoms with Gasteiger partial charge < -0.3 is 25.0 Å². The van der Waals surface area contributed by atoms with E-state index in [1.54, 1.807) is 32.6 Å². The molecule has 0 bridgehead atoms. The molecule has 0 aliphatic carbocycles. The number of nitrogens with zero attached hydrogens (tertiary/aromatic N) is 1. The number of hydrogen-bond acceptors (Lipinski definition) is 6. The van der Waals surface area contributed by atoms with E-state index in [1.807, 2.05) is 0 Å². The first-order valence-corrected chi connectivity index (χ1v) is 11.4. The fourth-order valence-corrected chi connectivity index (χ4v) is 3.69. The molecule has 9 heteroatoms. The minimum atomic E-state index is -0.855. The Labute approximate surface area is 191 Å². The van der Waals surface area contributed by atoms with Gasteiger partial charge in [-0.05, 0) is 53.4 Å². The van der Waals surface area contributed by atoms with Crippen molar-refractivity contribution in [3.05, 3.63) is 12.7 Å². The molecule has 1 heterocycles. The molecule has 3 atom stereocenters. The molecule has 0 aromatic rings. The minimum Gasteiger partial charge on any atom is -0.464 e. The monoisotopic (exact) mass is 453 g/mol. The third-order valence-electron chi connectivity index (χ3n) is 5.06. The Kier molecular flexibility index (Phi) is 11.2. The summed E-state index contributed by atoms with van der Waals surface area (Å²) < 4.78 is 10.2. The predicted octanol–water partition coefficient (Wildman–Crippen LogP) is 2.68. The molecule has 182 valence electrons. The van der Waals surface area contributed by atoms with Crippen LogP contribution in [0.25, 0.3) is 0 Å². The number of likely N-dealkylation sites (tertiary alicyclic amines) is 1. The molecule has 1 fully saturated rings. The Morgan fingerprint density at radius 2 is 1.88 bits per heavy atom. The van der Waals surface area contributed by atoms with Gasteiger partial charge in [0, 0.05) is 6.04 Å². The zero-order chi connectivity index (χ0) is 24.3. The second-order valence-corrected chi connectivity index (χ2v) is 8.88. The van der Waals surface area contributed by atoms with Gasteiger partial charge in [-0.1, -0.05) is 25.8 Å². The van der Waals surface area contributed by atoms with E-state index >= 15 is 0 Å². The van der Waals surface area contributed by atoms with E-state index in [2.05, 4.69) is 24.1 Å². The summed E-state index contributed by atoms with van der Waals surface area (Å²) in [6, 6.07) is -1.67. The average molecular weight is 454 g/mol. The van der Waals surface area contributed by atoms with Crippen LogP contribution in [0.2, 0.25) is 0 Å². The number of alkyl carbamates (subject to hydrolysis) is 1. The van der Waals surface area contributed by atoms with E-state index in [4.69, 9.17) is 9.47 Å². The van der Waals surface area contributed by atoms with Gasteiger partial charge in [0.2, 0.25) is 11.8 Å². The van der Waals surface area contributed by atoms with Crippen LogP contribution in [-0.2, 0) is 23.9 Å². The number of nitrogens with one attached hydrogen (secondary N) is 2. The van der Waals surface area contributed by atoms with E-state index in [-0.39, 0.29) is 31.5 Å². The van der Waals surface area contributed by atoms with Gasteiger partial charge in [-0.2, -0.15) is 0 Å². The van der Waals surface area contributed by atoms with E-state index in [0.29, 0.717) is 12.8 Å². The van der Waals surface area contributed by atoms with Crippen molar-refractivity contribution < 1.29 is 28.7 Å². The second-order valence-electron chi connectivity index (χ2n) is 8.88. The van der Waals surface area contributed by atoms with Crippen LogP contribution in [0.1, 0.15) is 73.1 Å². The Morgan fingerprint density at radius 1 is 1.19 bits per heavy atom. The summed E-state index contributed by atoms with van der Waals surface area (Å²) >= 11 is 0. The normalized spacial score (nSPS) is 19.1. The summed E-state index contributed by atoms with van der Waals surface area (Å²) in [5.74, 6) is -1.30. The van der Waals surface area contributed by atoms with E-state index in [9.17, 15) is 19.2 Å².